The molecule has 2 heterocycles. The van der Waals surface area contributed by atoms with Crippen LogP contribution in [-0.2, 0) is 14.0 Å². The van der Waals surface area contributed by atoms with Crippen LogP contribution < -0.4 is 9.47 Å². The number of nitrogens with zero attached hydrogens (tertiary/aromatic N) is 3. The summed E-state index contributed by atoms with van der Waals surface area (Å²) >= 11 is 5.60. The summed E-state index contributed by atoms with van der Waals surface area (Å²) in [5, 5.41) is 21.8. The molecule has 7 rings (SSSR count). The summed E-state index contributed by atoms with van der Waals surface area (Å²) in [4.78, 5) is 34.4. The Labute approximate surface area is 328 Å². The van der Waals surface area contributed by atoms with Gasteiger partial charge in [-0.25, -0.2) is 4.79 Å². The molecule has 55 heavy (non-hydrogen) atoms. The van der Waals surface area contributed by atoms with Gasteiger partial charge in [0.1, 0.15) is 5.60 Å². The SMILES string of the molecule is CC1(C)OB(C2=C[C@H]3CCC[C@H]3C2)OC1(C)C.COc1cc(C2=C[C@@H]3CN(C(=O)OC(C)(C)C)C[C@@H]3C2)ccc1[N+](=O)[O-].COc1cc(Cl)ccc1[N+](=O)[O-]. The number of hydrogen-bond donors (Lipinski definition) is 0. The van der Waals surface area contributed by atoms with Crippen molar-refractivity contribution < 1.29 is 38.2 Å². The number of carbonyl (C=O) groups is 1. The Morgan fingerprint density at radius 3 is 2.00 bits per heavy atom. The highest BCUT2D eigenvalue weighted by Crippen LogP contribution is 2.47. The molecule has 5 aliphatic rings. The second-order valence-corrected chi connectivity index (χ2v) is 17.2. The van der Waals surface area contributed by atoms with E-state index in [1.807, 2.05) is 20.8 Å². The van der Waals surface area contributed by atoms with Crippen LogP contribution in [0.2, 0.25) is 5.02 Å². The van der Waals surface area contributed by atoms with E-state index in [-0.39, 0.29) is 47.3 Å². The molecule has 2 saturated heterocycles. The van der Waals surface area contributed by atoms with E-state index in [1.54, 1.807) is 17.0 Å². The van der Waals surface area contributed by atoms with Crippen LogP contribution in [0.25, 0.3) is 5.57 Å². The van der Waals surface area contributed by atoms with Gasteiger partial charge in [0.25, 0.3) is 0 Å². The Bertz CT molecular complexity index is 1830. The fraction of sp³-hybridized carbons (Fsp3) is 0.575. The Kier molecular flexibility index (Phi) is 12.6. The van der Waals surface area contributed by atoms with Crippen LogP contribution in [0.3, 0.4) is 0 Å². The minimum atomic E-state index is -0.519. The first-order valence-corrected chi connectivity index (χ1v) is 19.1. The van der Waals surface area contributed by atoms with E-state index in [1.165, 1.54) is 69.6 Å². The molecule has 2 aromatic carbocycles. The summed E-state index contributed by atoms with van der Waals surface area (Å²) in [7, 11) is 2.70. The monoisotopic (exact) mass is 781 g/mol. The molecule has 0 unspecified atom stereocenters. The van der Waals surface area contributed by atoms with Crippen LogP contribution in [0.5, 0.6) is 11.5 Å². The Morgan fingerprint density at radius 2 is 1.45 bits per heavy atom. The Hall–Kier alpha value is -4.14. The van der Waals surface area contributed by atoms with Crippen LogP contribution in [0.4, 0.5) is 16.2 Å². The number of fused-ring (bicyclic) bond motifs is 2. The zero-order valence-corrected chi connectivity index (χ0v) is 34.0. The second-order valence-electron chi connectivity index (χ2n) is 16.8. The van der Waals surface area contributed by atoms with Crippen molar-refractivity contribution in [1.29, 1.82) is 0 Å². The number of benzene rings is 2. The number of halogens is 1. The topological polar surface area (TPSA) is 153 Å². The van der Waals surface area contributed by atoms with E-state index in [2.05, 4.69) is 39.8 Å². The number of nitro groups is 2. The summed E-state index contributed by atoms with van der Waals surface area (Å²) in [6.07, 6.45) is 10.6. The van der Waals surface area contributed by atoms with Gasteiger partial charge < -0.3 is 28.4 Å². The fourth-order valence-corrected chi connectivity index (χ4v) is 7.95. The van der Waals surface area contributed by atoms with Gasteiger partial charge >= 0.3 is 24.6 Å². The van der Waals surface area contributed by atoms with Crippen LogP contribution in [0.1, 0.15) is 86.1 Å². The number of likely N-dealkylation sites (tertiary alicyclic amines) is 1. The van der Waals surface area contributed by atoms with Crippen molar-refractivity contribution in [2.75, 3.05) is 27.3 Å². The van der Waals surface area contributed by atoms with Gasteiger partial charge in [-0.3, -0.25) is 20.2 Å². The molecule has 3 fully saturated rings. The zero-order valence-electron chi connectivity index (χ0n) is 33.3. The van der Waals surface area contributed by atoms with Crippen molar-refractivity contribution in [3.8, 4) is 11.5 Å². The zero-order chi connectivity index (χ0) is 40.5. The number of carbonyl (C=O) groups excluding carboxylic acids is 1. The van der Waals surface area contributed by atoms with Gasteiger partial charge in [-0.15, -0.1) is 0 Å². The molecule has 0 spiro atoms. The first kappa shape index (κ1) is 42.0. The first-order chi connectivity index (χ1) is 25.7. The standard InChI is InChI=1S/C19H24N2O5.C14H23BO2.C7H6ClNO3/c1-19(2,3)26-18(22)20-10-14-7-13(8-15(14)11-20)12-5-6-16(21(23)24)17(9-12)25-4;1-13(2)14(3,4)17-15(16-13)12-8-10-6-5-7-11(10)9-12;1-12-7-4-5(8)2-3-6(7)9(10)11/h5-7,9,14-15H,8,10-11H2,1-4H3;8,10-11H,5-7,9H2,1-4H3;2-4H,1H3/t14-,15+;10-,11+;/m11./s1. The quantitative estimate of drug-likeness (QED) is 0.157. The summed E-state index contributed by atoms with van der Waals surface area (Å²) in [6.45, 7) is 15.4. The van der Waals surface area contributed by atoms with Gasteiger partial charge in [0.05, 0.1) is 35.3 Å². The lowest BCUT2D eigenvalue weighted by Gasteiger charge is -2.32. The van der Waals surface area contributed by atoms with Gasteiger partial charge in [-0.2, -0.15) is 0 Å². The molecule has 0 N–H and O–H groups in total. The molecular formula is C40H53BClN3O10. The average molecular weight is 782 g/mol. The third kappa shape index (κ3) is 9.82. The first-order valence-electron chi connectivity index (χ1n) is 18.8. The van der Waals surface area contributed by atoms with Crippen LogP contribution in [0.15, 0.2) is 54.0 Å². The Balaban J connectivity index is 0.000000172. The highest BCUT2D eigenvalue weighted by Gasteiger charge is 2.53. The number of hydrogen-bond acceptors (Lipinski definition) is 10. The lowest BCUT2D eigenvalue weighted by atomic mass is 9.76. The number of allylic oxidation sites excluding steroid dienone is 3. The van der Waals surface area contributed by atoms with Crippen molar-refractivity contribution >= 4 is 41.8 Å². The van der Waals surface area contributed by atoms with Crippen molar-refractivity contribution in [2.24, 2.45) is 23.7 Å². The van der Waals surface area contributed by atoms with Gasteiger partial charge in [0.2, 0.25) is 0 Å². The maximum absolute atomic E-state index is 12.2. The van der Waals surface area contributed by atoms with E-state index in [4.69, 9.17) is 35.1 Å². The highest BCUT2D eigenvalue weighted by molar-refractivity contribution is 6.54. The predicted octanol–water partition coefficient (Wildman–Crippen LogP) is 9.49. The highest BCUT2D eigenvalue weighted by atomic mass is 35.5. The molecule has 4 atom stereocenters. The fourth-order valence-electron chi connectivity index (χ4n) is 7.78. The smallest absolute Gasteiger partial charge is 0.490 e. The summed E-state index contributed by atoms with van der Waals surface area (Å²) in [5.74, 6) is 2.78. The van der Waals surface area contributed by atoms with E-state index in [0.29, 0.717) is 29.9 Å². The van der Waals surface area contributed by atoms with Crippen molar-refractivity contribution in [2.45, 2.75) is 97.4 Å². The molecule has 15 heteroatoms. The number of ether oxygens (including phenoxy) is 3. The molecule has 0 aromatic heterocycles. The van der Waals surface area contributed by atoms with Gasteiger partial charge in [-0.1, -0.05) is 30.2 Å². The number of rotatable bonds is 6. The molecule has 13 nitrogen and oxygen atoms in total. The summed E-state index contributed by atoms with van der Waals surface area (Å²) < 4.78 is 27.6. The maximum Gasteiger partial charge on any atom is 0.490 e. The van der Waals surface area contributed by atoms with Crippen molar-refractivity contribution in [3.63, 3.8) is 0 Å². The summed E-state index contributed by atoms with van der Waals surface area (Å²) in [5.41, 5.74) is 2.48. The van der Waals surface area contributed by atoms with Crippen molar-refractivity contribution in [3.05, 3.63) is 84.8 Å². The minimum absolute atomic E-state index is 0.0360. The average Bonchev–Trinajstić information content (AvgIpc) is 3.90. The summed E-state index contributed by atoms with van der Waals surface area (Å²) in [6, 6.07) is 9.12. The number of methoxy groups -OCH3 is 2. The van der Waals surface area contributed by atoms with Gasteiger partial charge in [0.15, 0.2) is 11.5 Å². The molecule has 1 amide bonds. The molecular weight excluding hydrogens is 729 g/mol. The molecule has 1 saturated carbocycles. The van der Waals surface area contributed by atoms with E-state index in [9.17, 15) is 25.0 Å². The van der Waals surface area contributed by atoms with Gasteiger partial charge in [0, 0.05) is 36.3 Å². The predicted molar refractivity (Wildman–Crippen MR) is 211 cm³/mol. The van der Waals surface area contributed by atoms with Crippen LogP contribution in [-0.4, -0.2) is 72.1 Å². The van der Waals surface area contributed by atoms with E-state index >= 15 is 0 Å². The lowest BCUT2D eigenvalue weighted by Crippen LogP contribution is -2.41. The molecule has 2 aliphatic heterocycles. The largest absolute Gasteiger partial charge is 0.490 e. The molecule has 298 valence electrons. The van der Waals surface area contributed by atoms with E-state index in [0.717, 1.165) is 29.4 Å². The second kappa shape index (κ2) is 16.5. The van der Waals surface area contributed by atoms with Gasteiger partial charge in [-0.05, 0) is 133 Å². The third-order valence-electron chi connectivity index (χ3n) is 11.3. The Morgan fingerprint density at radius 1 is 0.855 bits per heavy atom. The van der Waals surface area contributed by atoms with Crippen LogP contribution >= 0.6 is 11.6 Å². The normalized spacial score (nSPS) is 24.3. The molecule has 0 bridgehead atoms. The molecule has 3 aliphatic carbocycles. The number of nitro benzene ring substituents is 2. The minimum Gasteiger partial charge on any atom is -0.490 e. The number of amides is 1. The molecule has 2 aromatic rings. The molecule has 0 radical (unpaired) electrons. The van der Waals surface area contributed by atoms with Crippen LogP contribution in [0, 0.1) is 43.9 Å². The maximum atomic E-state index is 12.2. The lowest BCUT2D eigenvalue weighted by molar-refractivity contribution is -0.385. The van der Waals surface area contributed by atoms with Crippen molar-refractivity contribution in [1.82, 2.24) is 4.90 Å². The van der Waals surface area contributed by atoms with E-state index < -0.39 is 15.4 Å². The third-order valence-corrected chi connectivity index (χ3v) is 11.6.